The molecule has 1 amide bonds. The Balaban J connectivity index is 0.00000182. The predicted octanol–water partition coefficient (Wildman–Crippen LogP) is 2.73. The number of nitrogens with zero attached hydrogens (tertiary/aromatic N) is 3. The molecule has 2 saturated heterocycles. The van der Waals surface area contributed by atoms with E-state index in [-0.39, 0.29) is 18.3 Å². The van der Waals surface area contributed by atoms with Crippen LogP contribution in [0.2, 0.25) is 0 Å². The molecule has 0 unspecified atom stereocenters. The van der Waals surface area contributed by atoms with E-state index in [0.717, 1.165) is 42.2 Å². The fourth-order valence-corrected chi connectivity index (χ4v) is 3.70. The Morgan fingerprint density at radius 1 is 1.16 bits per heavy atom. The summed E-state index contributed by atoms with van der Waals surface area (Å²) in [7, 11) is 0. The van der Waals surface area contributed by atoms with Gasteiger partial charge in [-0.1, -0.05) is 30.3 Å². The lowest BCUT2D eigenvalue weighted by Gasteiger charge is -2.24. The Morgan fingerprint density at radius 3 is 2.72 bits per heavy atom. The van der Waals surface area contributed by atoms with Crippen molar-refractivity contribution in [1.29, 1.82) is 0 Å². The van der Waals surface area contributed by atoms with Gasteiger partial charge >= 0.3 is 0 Å². The Bertz CT molecular complexity index is 752. The minimum Gasteiger partial charge on any atom is -0.334 e. The molecule has 0 aliphatic carbocycles. The van der Waals surface area contributed by atoms with E-state index in [4.69, 9.17) is 4.98 Å². The van der Waals surface area contributed by atoms with Gasteiger partial charge in [0, 0.05) is 36.3 Å². The lowest BCUT2D eigenvalue weighted by molar-refractivity contribution is -0.132. The summed E-state index contributed by atoms with van der Waals surface area (Å²) in [5.41, 5.74) is 2.92. The molecule has 3 heterocycles. The van der Waals surface area contributed by atoms with Crippen LogP contribution >= 0.6 is 12.4 Å². The molecule has 1 N–H and O–H groups in total. The van der Waals surface area contributed by atoms with Crippen molar-refractivity contribution in [3.8, 4) is 11.3 Å². The van der Waals surface area contributed by atoms with Crippen molar-refractivity contribution < 1.29 is 4.79 Å². The summed E-state index contributed by atoms with van der Waals surface area (Å²) in [4.78, 5) is 23.7. The average Bonchev–Trinajstić information content (AvgIpc) is 2.95. The van der Waals surface area contributed by atoms with Crippen LogP contribution in [0.4, 0.5) is 0 Å². The first kappa shape index (κ1) is 17.8. The quantitative estimate of drug-likeness (QED) is 0.916. The van der Waals surface area contributed by atoms with Gasteiger partial charge in [0.25, 0.3) is 0 Å². The number of benzene rings is 1. The van der Waals surface area contributed by atoms with Gasteiger partial charge in [-0.15, -0.1) is 12.4 Å². The summed E-state index contributed by atoms with van der Waals surface area (Å²) >= 11 is 0. The number of halogens is 1. The van der Waals surface area contributed by atoms with Gasteiger partial charge in [0.15, 0.2) is 0 Å². The third-order valence-corrected chi connectivity index (χ3v) is 4.85. The maximum atomic E-state index is 12.5. The second kappa shape index (κ2) is 7.50. The molecule has 6 heteroatoms. The van der Waals surface area contributed by atoms with Crippen LogP contribution in [0.5, 0.6) is 0 Å². The second-order valence-corrected chi connectivity index (χ2v) is 6.79. The third kappa shape index (κ3) is 3.99. The number of likely N-dealkylation sites (tertiary alicyclic amines) is 1. The topological polar surface area (TPSA) is 58.1 Å². The lowest BCUT2D eigenvalue weighted by Crippen LogP contribution is -2.37. The van der Waals surface area contributed by atoms with Gasteiger partial charge in [-0.2, -0.15) is 0 Å². The highest BCUT2D eigenvalue weighted by Crippen LogP contribution is 2.23. The van der Waals surface area contributed by atoms with E-state index in [0.29, 0.717) is 25.0 Å². The molecule has 2 atom stereocenters. The van der Waals surface area contributed by atoms with Crippen LogP contribution in [0, 0.1) is 6.92 Å². The SMILES string of the molecule is Cc1cc(-c2ccccc2)nc(CN2C[C@@H]3CC[C@H](CC2=O)N3)n1.Cl. The molecule has 0 saturated carbocycles. The number of rotatable bonds is 3. The van der Waals surface area contributed by atoms with Gasteiger partial charge in [0.2, 0.25) is 5.91 Å². The molecule has 0 radical (unpaired) electrons. The predicted molar refractivity (Wildman–Crippen MR) is 99.4 cm³/mol. The van der Waals surface area contributed by atoms with Gasteiger partial charge in [-0.3, -0.25) is 4.79 Å². The van der Waals surface area contributed by atoms with E-state index in [1.165, 1.54) is 0 Å². The summed E-state index contributed by atoms with van der Waals surface area (Å²) in [6.07, 6.45) is 2.86. The van der Waals surface area contributed by atoms with Gasteiger partial charge < -0.3 is 10.2 Å². The van der Waals surface area contributed by atoms with E-state index < -0.39 is 0 Å². The largest absolute Gasteiger partial charge is 0.334 e. The first-order valence-corrected chi connectivity index (χ1v) is 8.61. The van der Waals surface area contributed by atoms with Crippen molar-refractivity contribution in [2.24, 2.45) is 0 Å². The minimum absolute atomic E-state index is 0. The van der Waals surface area contributed by atoms with Crippen LogP contribution in [0.25, 0.3) is 11.3 Å². The Labute approximate surface area is 154 Å². The van der Waals surface area contributed by atoms with Crippen molar-refractivity contribution in [3.63, 3.8) is 0 Å². The molecule has 5 nitrogen and oxygen atoms in total. The van der Waals surface area contributed by atoms with E-state index >= 15 is 0 Å². The highest BCUT2D eigenvalue weighted by Gasteiger charge is 2.33. The number of hydrogen-bond acceptors (Lipinski definition) is 4. The van der Waals surface area contributed by atoms with Crippen LogP contribution in [0.15, 0.2) is 36.4 Å². The van der Waals surface area contributed by atoms with Crippen LogP contribution < -0.4 is 5.32 Å². The molecule has 0 spiro atoms. The molecule has 2 bridgehead atoms. The normalized spacial score (nSPS) is 22.4. The lowest BCUT2D eigenvalue weighted by atomic mass is 10.1. The molecule has 2 fully saturated rings. The smallest absolute Gasteiger partial charge is 0.224 e. The van der Waals surface area contributed by atoms with E-state index in [2.05, 4.69) is 10.3 Å². The molecule has 1 aromatic carbocycles. The Hall–Kier alpha value is -1.98. The molecule has 4 rings (SSSR count). The van der Waals surface area contributed by atoms with Gasteiger partial charge in [-0.25, -0.2) is 9.97 Å². The Kier molecular flexibility index (Phi) is 5.35. The minimum atomic E-state index is 0. The van der Waals surface area contributed by atoms with Gasteiger partial charge in [-0.05, 0) is 25.8 Å². The van der Waals surface area contributed by atoms with Crippen molar-refractivity contribution in [2.45, 2.75) is 44.8 Å². The zero-order chi connectivity index (χ0) is 16.5. The number of amides is 1. The van der Waals surface area contributed by atoms with E-state index in [9.17, 15) is 4.79 Å². The third-order valence-electron chi connectivity index (χ3n) is 4.85. The Morgan fingerprint density at radius 2 is 1.92 bits per heavy atom. The number of carbonyl (C=O) groups excluding carboxylic acids is 1. The number of carbonyl (C=O) groups is 1. The maximum Gasteiger partial charge on any atom is 0.224 e. The van der Waals surface area contributed by atoms with Crippen LogP contribution in [0.3, 0.4) is 0 Å². The molecule has 1 aromatic heterocycles. The van der Waals surface area contributed by atoms with Crippen molar-refractivity contribution in [2.75, 3.05) is 6.54 Å². The summed E-state index contributed by atoms with van der Waals surface area (Å²) in [5.74, 6) is 0.932. The number of hydrogen-bond donors (Lipinski definition) is 1. The molecule has 2 aliphatic rings. The van der Waals surface area contributed by atoms with E-state index in [1.807, 2.05) is 48.2 Å². The number of nitrogens with one attached hydrogen (secondary N) is 1. The zero-order valence-corrected chi connectivity index (χ0v) is 15.1. The summed E-state index contributed by atoms with van der Waals surface area (Å²) < 4.78 is 0. The average molecular weight is 359 g/mol. The van der Waals surface area contributed by atoms with Crippen molar-refractivity contribution in [3.05, 3.63) is 47.9 Å². The number of aromatic nitrogens is 2. The zero-order valence-electron chi connectivity index (χ0n) is 14.3. The highest BCUT2D eigenvalue weighted by molar-refractivity contribution is 5.85. The van der Waals surface area contributed by atoms with Crippen molar-refractivity contribution in [1.82, 2.24) is 20.2 Å². The van der Waals surface area contributed by atoms with Crippen molar-refractivity contribution >= 4 is 18.3 Å². The molecule has 2 aromatic rings. The first-order chi connectivity index (χ1) is 11.7. The summed E-state index contributed by atoms with van der Waals surface area (Å²) in [6, 6.07) is 12.9. The molecule has 132 valence electrons. The molecule has 2 aliphatic heterocycles. The standard InChI is InChI=1S/C19H22N4O.ClH/c1-13-9-17(14-5-3-2-4-6-14)22-18(20-13)12-23-11-16-8-7-15(21-16)10-19(23)24;/h2-6,9,15-16,21H,7-8,10-12H2,1H3;1H/t15-,16+;/m1./s1. The molecular formula is C19H23ClN4O. The number of aryl methyl sites for hydroxylation is 1. The summed E-state index contributed by atoms with van der Waals surface area (Å²) in [5, 5.41) is 3.54. The van der Waals surface area contributed by atoms with Crippen LogP contribution in [0.1, 0.15) is 30.8 Å². The van der Waals surface area contributed by atoms with Crippen LogP contribution in [-0.2, 0) is 11.3 Å². The number of fused-ring (bicyclic) bond motifs is 2. The van der Waals surface area contributed by atoms with Gasteiger partial charge in [0.1, 0.15) is 5.82 Å². The molecular weight excluding hydrogens is 336 g/mol. The monoisotopic (exact) mass is 358 g/mol. The fourth-order valence-electron chi connectivity index (χ4n) is 3.70. The maximum absolute atomic E-state index is 12.5. The second-order valence-electron chi connectivity index (χ2n) is 6.79. The highest BCUT2D eigenvalue weighted by atomic mass is 35.5. The van der Waals surface area contributed by atoms with E-state index in [1.54, 1.807) is 0 Å². The van der Waals surface area contributed by atoms with Gasteiger partial charge in [0.05, 0.1) is 12.2 Å². The van der Waals surface area contributed by atoms with Crippen LogP contribution in [-0.4, -0.2) is 39.4 Å². The fraction of sp³-hybridized carbons (Fsp3) is 0.421. The molecule has 25 heavy (non-hydrogen) atoms. The summed E-state index contributed by atoms with van der Waals surface area (Å²) in [6.45, 7) is 3.23. The first-order valence-electron chi connectivity index (χ1n) is 8.61.